The minimum atomic E-state index is -0.481. The largest absolute Gasteiger partial charge is 0.497 e. The van der Waals surface area contributed by atoms with E-state index in [9.17, 15) is 9.59 Å². The summed E-state index contributed by atoms with van der Waals surface area (Å²) in [6.07, 6.45) is 4.41. The van der Waals surface area contributed by atoms with Crippen molar-refractivity contribution in [2.45, 2.75) is 63.7 Å². The van der Waals surface area contributed by atoms with E-state index in [-0.39, 0.29) is 23.7 Å². The summed E-state index contributed by atoms with van der Waals surface area (Å²) in [4.78, 5) is 26.7. The molecule has 0 saturated carbocycles. The fourth-order valence-corrected chi connectivity index (χ4v) is 4.50. The number of piperidine rings is 1. The molecule has 1 fully saturated rings. The van der Waals surface area contributed by atoms with Gasteiger partial charge >= 0.3 is 6.03 Å². The quantitative estimate of drug-likeness (QED) is 0.536. The number of nitrogens with zero attached hydrogens (tertiary/aromatic N) is 4. The van der Waals surface area contributed by atoms with Gasteiger partial charge in [0.15, 0.2) is 11.0 Å². The van der Waals surface area contributed by atoms with E-state index in [1.807, 2.05) is 42.7 Å². The molecule has 1 aromatic carbocycles. The highest BCUT2D eigenvalue weighted by Gasteiger charge is 2.26. The molecule has 3 rings (SSSR count). The summed E-state index contributed by atoms with van der Waals surface area (Å²) in [7, 11) is 1.63. The molecule has 2 aromatic rings. The van der Waals surface area contributed by atoms with Crippen LogP contribution in [0.2, 0.25) is 0 Å². The number of amides is 3. The van der Waals surface area contributed by atoms with Crippen LogP contribution in [0.25, 0.3) is 5.69 Å². The Hall–Kier alpha value is -2.59. The molecule has 0 unspecified atom stereocenters. The lowest BCUT2D eigenvalue weighted by atomic mass is 10.1. The second-order valence-electron chi connectivity index (χ2n) is 8.27. The summed E-state index contributed by atoms with van der Waals surface area (Å²) in [5.74, 6) is 1.27. The minimum absolute atomic E-state index is 0.00227. The van der Waals surface area contributed by atoms with Gasteiger partial charge in [0, 0.05) is 11.7 Å². The molecule has 0 radical (unpaired) electrons. The number of hydrogen-bond acceptors (Lipinski definition) is 7. The van der Waals surface area contributed by atoms with Gasteiger partial charge in [-0.15, -0.1) is 10.2 Å². The van der Waals surface area contributed by atoms with Crippen LogP contribution in [0.15, 0.2) is 29.4 Å². The van der Waals surface area contributed by atoms with Crippen LogP contribution >= 0.6 is 11.8 Å². The van der Waals surface area contributed by atoms with E-state index < -0.39 is 6.03 Å². The fourth-order valence-electron chi connectivity index (χ4n) is 3.74. The van der Waals surface area contributed by atoms with Crippen LogP contribution in [-0.2, 0) is 4.79 Å². The normalized spacial score (nSPS) is 16.1. The second-order valence-corrected chi connectivity index (χ2v) is 9.21. The molecule has 2 heterocycles. The van der Waals surface area contributed by atoms with Crippen molar-refractivity contribution in [3.05, 3.63) is 30.1 Å². The van der Waals surface area contributed by atoms with Crippen LogP contribution in [-0.4, -0.2) is 63.6 Å². The van der Waals surface area contributed by atoms with Crippen molar-refractivity contribution >= 4 is 23.7 Å². The van der Waals surface area contributed by atoms with Crippen LogP contribution < -0.4 is 15.4 Å². The first-order chi connectivity index (χ1) is 15.9. The van der Waals surface area contributed by atoms with E-state index in [1.165, 1.54) is 31.0 Å². The number of hydrogen-bond donors (Lipinski definition) is 2. The van der Waals surface area contributed by atoms with E-state index in [2.05, 4.69) is 32.7 Å². The first-order valence-corrected chi connectivity index (χ1v) is 12.5. The number of thioether (sulfide) groups is 1. The van der Waals surface area contributed by atoms with Crippen molar-refractivity contribution in [2.75, 3.05) is 26.0 Å². The number of carbonyl (C=O) groups excluding carboxylic acids is 2. The maximum absolute atomic E-state index is 12.3. The maximum Gasteiger partial charge on any atom is 0.321 e. The third-order valence-corrected chi connectivity index (χ3v) is 6.81. The molecular formula is C23H34N6O3S. The zero-order chi connectivity index (χ0) is 23.8. The van der Waals surface area contributed by atoms with Gasteiger partial charge in [0.1, 0.15) is 5.75 Å². The fraction of sp³-hybridized carbons (Fsp3) is 0.565. The summed E-state index contributed by atoms with van der Waals surface area (Å²) >= 11 is 1.26. The van der Waals surface area contributed by atoms with Gasteiger partial charge in [-0.25, -0.2) is 4.79 Å². The molecule has 0 aliphatic carbocycles. The standard InChI is InChI=1S/C23H34N6O3S/c1-5-16(2)24-22(31)25-20(30)15-33-23-27-26-21(17(3)28-13-7-6-8-14-28)29(23)18-9-11-19(32-4)12-10-18/h9-12,16-17H,5-8,13-15H2,1-4H3,(H2,24,25,30,31)/t16-,17-/m0/s1. The van der Waals surface area contributed by atoms with Crippen molar-refractivity contribution in [3.63, 3.8) is 0 Å². The van der Waals surface area contributed by atoms with E-state index in [0.29, 0.717) is 5.16 Å². The van der Waals surface area contributed by atoms with E-state index in [1.54, 1.807) is 7.11 Å². The van der Waals surface area contributed by atoms with Crippen molar-refractivity contribution < 1.29 is 14.3 Å². The summed E-state index contributed by atoms with van der Waals surface area (Å²) in [6, 6.07) is 7.31. The molecule has 3 amide bonds. The van der Waals surface area contributed by atoms with E-state index in [0.717, 1.165) is 36.8 Å². The van der Waals surface area contributed by atoms with Gasteiger partial charge in [-0.1, -0.05) is 25.1 Å². The number of imide groups is 1. The smallest absolute Gasteiger partial charge is 0.321 e. The zero-order valence-electron chi connectivity index (χ0n) is 19.8. The number of methoxy groups -OCH3 is 1. The Labute approximate surface area is 199 Å². The Morgan fingerprint density at radius 2 is 1.82 bits per heavy atom. The number of carbonyl (C=O) groups is 2. The minimum Gasteiger partial charge on any atom is -0.497 e. The Kier molecular flexibility index (Phi) is 9.13. The number of urea groups is 1. The van der Waals surface area contributed by atoms with Gasteiger partial charge in [-0.05, 0) is 70.5 Å². The average Bonchev–Trinajstić information content (AvgIpc) is 3.26. The molecule has 1 aliphatic rings. The van der Waals surface area contributed by atoms with Gasteiger partial charge in [0.05, 0.1) is 18.9 Å². The molecule has 33 heavy (non-hydrogen) atoms. The van der Waals surface area contributed by atoms with Crippen molar-refractivity contribution in [1.29, 1.82) is 0 Å². The Balaban J connectivity index is 1.78. The molecule has 10 heteroatoms. The van der Waals surface area contributed by atoms with Crippen LogP contribution in [0.4, 0.5) is 4.79 Å². The topological polar surface area (TPSA) is 101 Å². The Morgan fingerprint density at radius 1 is 1.12 bits per heavy atom. The Morgan fingerprint density at radius 3 is 2.45 bits per heavy atom. The Bertz CT molecular complexity index is 927. The van der Waals surface area contributed by atoms with Crippen LogP contribution in [0, 0.1) is 0 Å². The monoisotopic (exact) mass is 474 g/mol. The van der Waals surface area contributed by atoms with E-state index >= 15 is 0 Å². The molecule has 1 saturated heterocycles. The lowest BCUT2D eigenvalue weighted by Gasteiger charge is -2.31. The van der Waals surface area contributed by atoms with Crippen LogP contribution in [0.3, 0.4) is 0 Å². The third kappa shape index (κ3) is 6.70. The van der Waals surface area contributed by atoms with Gasteiger partial charge in [0.2, 0.25) is 5.91 Å². The lowest BCUT2D eigenvalue weighted by Crippen LogP contribution is -2.43. The number of benzene rings is 1. The van der Waals surface area contributed by atoms with Gasteiger partial charge in [0.25, 0.3) is 0 Å². The molecule has 1 aromatic heterocycles. The summed E-state index contributed by atoms with van der Waals surface area (Å²) in [6.45, 7) is 8.08. The highest BCUT2D eigenvalue weighted by atomic mass is 32.2. The summed E-state index contributed by atoms with van der Waals surface area (Å²) in [5, 5.41) is 14.6. The van der Waals surface area contributed by atoms with Crippen molar-refractivity contribution in [2.24, 2.45) is 0 Å². The van der Waals surface area contributed by atoms with Gasteiger partial charge in [-0.3, -0.25) is 19.6 Å². The predicted octanol–water partition coefficient (Wildman–Crippen LogP) is 3.54. The third-order valence-electron chi connectivity index (χ3n) is 5.88. The summed E-state index contributed by atoms with van der Waals surface area (Å²) < 4.78 is 7.29. The molecule has 1 aliphatic heterocycles. The van der Waals surface area contributed by atoms with Crippen LogP contribution in [0.5, 0.6) is 5.75 Å². The number of nitrogens with one attached hydrogen (secondary N) is 2. The molecule has 9 nitrogen and oxygen atoms in total. The first-order valence-electron chi connectivity index (χ1n) is 11.5. The zero-order valence-corrected chi connectivity index (χ0v) is 20.7. The molecule has 0 bridgehead atoms. The molecule has 2 N–H and O–H groups in total. The molecular weight excluding hydrogens is 440 g/mol. The molecule has 0 spiro atoms. The first kappa shape index (κ1) is 25.0. The SMILES string of the molecule is CC[C@H](C)NC(=O)NC(=O)CSc1nnc([C@H](C)N2CCCCC2)n1-c1ccc(OC)cc1. The van der Waals surface area contributed by atoms with Gasteiger partial charge < -0.3 is 10.1 Å². The number of rotatable bonds is 9. The van der Waals surface area contributed by atoms with Crippen molar-refractivity contribution in [3.8, 4) is 11.4 Å². The molecule has 180 valence electrons. The maximum atomic E-state index is 12.3. The van der Waals surface area contributed by atoms with E-state index in [4.69, 9.17) is 4.74 Å². The van der Waals surface area contributed by atoms with Gasteiger partial charge in [-0.2, -0.15) is 0 Å². The van der Waals surface area contributed by atoms with Crippen LogP contribution in [0.1, 0.15) is 58.3 Å². The number of aromatic nitrogens is 3. The van der Waals surface area contributed by atoms with Crippen molar-refractivity contribution in [1.82, 2.24) is 30.3 Å². The number of ether oxygens (including phenoxy) is 1. The highest BCUT2D eigenvalue weighted by Crippen LogP contribution is 2.30. The highest BCUT2D eigenvalue weighted by molar-refractivity contribution is 7.99. The second kappa shape index (κ2) is 12.0. The predicted molar refractivity (Wildman–Crippen MR) is 129 cm³/mol. The number of likely N-dealkylation sites (tertiary alicyclic amines) is 1. The average molecular weight is 475 g/mol. The summed E-state index contributed by atoms with van der Waals surface area (Å²) in [5.41, 5.74) is 0.900. The molecule has 2 atom stereocenters. The lowest BCUT2D eigenvalue weighted by molar-refractivity contribution is -0.117.